The molecule has 2 rings (SSSR count). The molecule has 2 nitrogen and oxygen atoms in total. The van der Waals surface area contributed by atoms with E-state index in [1.54, 1.807) is 0 Å². The van der Waals surface area contributed by atoms with Crippen LogP contribution >= 0.6 is 27.5 Å². The molecule has 4 heteroatoms. The van der Waals surface area contributed by atoms with Crippen molar-refractivity contribution in [1.82, 2.24) is 5.32 Å². The maximum Gasteiger partial charge on any atom is 0.224 e. The molecule has 0 saturated heterocycles. The number of carbonyl (C=O) groups is 1. The van der Waals surface area contributed by atoms with Crippen molar-refractivity contribution in [2.24, 2.45) is 5.41 Å². The number of carbonyl (C=O) groups excluding carboxylic acids is 1. The van der Waals surface area contributed by atoms with Gasteiger partial charge in [0.05, 0.1) is 6.42 Å². The molecular weight excluding hydrogens is 326 g/mol. The maximum atomic E-state index is 12.0. The number of benzene rings is 1. The van der Waals surface area contributed by atoms with Gasteiger partial charge in [0.1, 0.15) is 0 Å². The van der Waals surface area contributed by atoms with E-state index in [0.717, 1.165) is 17.4 Å². The fraction of sp³-hybridized carbons (Fsp3) is 0.533. The summed E-state index contributed by atoms with van der Waals surface area (Å²) in [5.41, 5.74) is 1.15. The summed E-state index contributed by atoms with van der Waals surface area (Å²) in [5.74, 6) is 0.0559. The summed E-state index contributed by atoms with van der Waals surface area (Å²) in [4.78, 5) is 12.0. The van der Waals surface area contributed by atoms with Crippen molar-refractivity contribution < 1.29 is 4.79 Å². The average Bonchev–Trinajstić information content (AvgIpc) is 2.89. The summed E-state index contributed by atoms with van der Waals surface area (Å²) in [7, 11) is 0. The van der Waals surface area contributed by atoms with Gasteiger partial charge in [0.15, 0.2) is 0 Å². The van der Waals surface area contributed by atoms with E-state index in [1.165, 1.54) is 25.7 Å². The van der Waals surface area contributed by atoms with E-state index in [4.69, 9.17) is 11.6 Å². The van der Waals surface area contributed by atoms with Crippen molar-refractivity contribution in [2.75, 3.05) is 11.9 Å². The van der Waals surface area contributed by atoms with Gasteiger partial charge in [0.25, 0.3) is 0 Å². The zero-order valence-corrected chi connectivity index (χ0v) is 13.3. The van der Waals surface area contributed by atoms with Crippen LogP contribution in [0, 0.1) is 5.41 Å². The van der Waals surface area contributed by atoms with Crippen molar-refractivity contribution in [3.05, 3.63) is 34.9 Å². The lowest BCUT2D eigenvalue weighted by molar-refractivity contribution is -0.120. The van der Waals surface area contributed by atoms with Crippen LogP contribution in [0.4, 0.5) is 0 Å². The predicted octanol–water partition coefficient (Wildman–Crippen LogP) is 3.95. The molecule has 19 heavy (non-hydrogen) atoms. The van der Waals surface area contributed by atoms with E-state index in [0.29, 0.717) is 11.4 Å². The molecule has 1 aliphatic carbocycles. The largest absolute Gasteiger partial charge is 0.355 e. The Labute approximate surface area is 128 Å². The highest BCUT2D eigenvalue weighted by atomic mass is 79.9. The summed E-state index contributed by atoms with van der Waals surface area (Å²) in [6.45, 7) is 0.765. The van der Waals surface area contributed by atoms with Crippen molar-refractivity contribution >= 4 is 33.4 Å². The fourth-order valence-corrected chi connectivity index (χ4v) is 3.61. The number of halogens is 2. The Kier molecular flexibility index (Phi) is 5.28. The monoisotopic (exact) mass is 343 g/mol. The van der Waals surface area contributed by atoms with E-state index in [2.05, 4.69) is 21.2 Å². The maximum absolute atomic E-state index is 12.0. The predicted molar refractivity (Wildman–Crippen MR) is 82.9 cm³/mol. The van der Waals surface area contributed by atoms with Crippen LogP contribution in [-0.4, -0.2) is 17.8 Å². The van der Waals surface area contributed by atoms with Crippen LogP contribution in [0.3, 0.4) is 0 Å². The molecule has 1 amide bonds. The van der Waals surface area contributed by atoms with Crippen molar-refractivity contribution in [3.8, 4) is 0 Å². The first-order chi connectivity index (χ1) is 9.15. The minimum atomic E-state index is 0.0559. The van der Waals surface area contributed by atoms with Crippen LogP contribution < -0.4 is 5.32 Å². The molecule has 1 fully saturated rings. The highest BCUT2D eigenvalue weighted by molar-refractivity contribution is 9.09. The van der Waals surface area contributed by atoms with E-state index in [1.807, 2.05) is 24.3 Å². The van der Waals surface area contributed by atoms with Gasteiger partial charge in [-0.2, -0.15) is 0 Å². The Morgan fingerprint density at radius 1 is 1.32 bits per heavy atom. The zero-order chi connectivity index (χ0) is 13.7. The molecule has 1 saturated carbocycles. The Hall–Kier alpha value is -0.540. The molecule has 0 radical (unpaired) electrons. The normalized spacial score (nSPS) is 17.4. The SMILES string of the molecule is O=C(Cc1ccccc1Cl)NCC1(CBr)CCCC1. The molecule has 0 atom stereocenters. The van der Waals surface area contributed by atoms with Crippen LogP contribution in [0.1, 0.15) is 31.2 Å². The molecule has 0 aromatic heterocycles. The van der Waals surface area contributed by atoms with E-state index in [-0.39, 0.29) is 11.3 Å². The number of alkyl halides is 1. The molecule has 0 spiro atoms. The summed E-state index contributed by atoms with van der Waals surface area (Å²) >= 11 is 9.65. The molecular formula is C15H19BrClNO. The number of amides is 1. The first-order valence-corrected chi connectivity index (χ1v) is 8.21. The quantitative estimate of drug-likeness (QED) is 0.805. The highest BCUT2D eigenvalue weighted by Gasteiger charge is 2.32. The average molecular weight is 345 g/mol. The minimum absolute atomic E-state index is 0.0559. The van der Waals surface area contributed by atoms with Gasteiger partial charge < -0.3 is 5.32 Å². The van der Waals surface area contributed by atoms with Crippen LogP contribution in [0.15, 0.2) is 24.3 Å². The Morgan fingerprint density at radius 2 is 2.00 bits per heavy atom. The molecule has 0 aliphatic heterocycles. The third-order valence-corrected chi connectivity index (χ3v) is 5.48. The van der Waals surface area contributed by atoms with Gasteiger partial charge in [-0.3, -0.25) is 4.79 Å². The second-order valence-corrected chi connectivity index (χ2v) is 6.35. The van der Waals surface area contributed by atoms with Gasteiger partial charge >= 0.3 is 0 Å². The highest BCUT2D eigenvalue weighted by Crippen LogP contribution is 2.38. The molecule has 1 aromatic carbocycles. The zero-order valence-electron chi connectivity index (χ0n) is 10.9. The molecule has 0 bridgehead atoms. The summed E-state index contributed by atoms with van der Waals surface area (Å²) in [6, 6.07) is 7.51. The second kappa shape index (κ2) is 6.76. The van der Waals surface area contributed by atoms with Crippen LogP contribution in [-0.2, 0) is 11.2 Å². The van der Waals surface area contributed by atoms with Crippen LogP contribution in [0.2, 0.25) is 5.02 Å². The molecule has 0 unspecified atom stereocenters. The number of hydrogen-bond donors (Lipinski definition) is 1. The lowest BCUT2D eigenvalue weighted by atomic mass is 9.89. The van der Waals surface area contributed by atoms with Crippen LogP contribution in [0.25, 0.3) is 0 Å². The van der Waals surface area contributed by atoms with E-state index < -0.39 is 0 Å². The standard InChI is InChI=1S/C15H19BrClNO/c16-10-15(7-3-4-8-15)11-18-14(19)9-12-5-1-2-6-13(12)17/h1-2,5-6H,3-4,7-11H2,(H,18,19). The van der Waals surface area contributed by atoms with Crippen LogP contribution in [0.5, 0.6) is 0 Å². The summed E-state index contributed by atoms with van der Waals surface area (Å²) in [6.07, 6.45) is 5.30. The molecule has 104 valence electrons. The lowest BCUT2D eigenvalue weighted by Crippen LogP contribution is -2.37. The molecule has 1 aromatic rings. The second-order valence-electron chi connectivity index (χ2n) is 5.39. The first-order valence-electron chi connectivity index (χ1n) is 6.71. The van der Waals surface area contributed by atoms with Crippen molar-refractivity contribution in [2.45, 2.75) is 32.1 Å². The van der Waals surface area contributed by atoms with Gasteiger partial charge in [0, 0.05) is 16.9 Å². The molecule has 0 heterocycles. The van der Waals surface area contributed by atoms with Gasteiger partial charge in [-0.25, -0.2) is 0 Å². The van der Waals surface area contributed by atoms with Crippen molar-refractivity contribution in [3.63, 3.8) is 0 Å². The molecule has 1 N–H and O–H groups in total. The van der Waals surface area contributed by atoms with E-state index in [9.17, 15) is 4.79 Å². The van der Waals surface area contributed by atoms with Gasteiger partial charge in [-0.15, -0.1) is 0 Å². The topological polar surface area (TPSA) is 29.1 Å². The third-order valence-electron chi connectivity index (χ3n) is 3.92. The van der Waals surface area contributed by atoms with Gasteiger partial charge in [0.2, 0.25) is 5.91 Å². The smallest absolute Gasteiger partial charge is 0.224 e. The van der Waals surface area contributed by atoms with Gasteiger partial charge in [-0.05, 0) is 29.9 Å². The van der Waals surface area contributed by atoms with E-state index >= 15 is 0 Å². The van der Waals surface area contributed by atoms with Crippen molar-refractivity contribution in [1.29, 1.82) is 0 Å². The minimum Gasteiger partial charge on any atom is -0.355 e. The molecule has 1 aliphatic rings. The first kappa shape index (κ1) is 14.9. The van der Waals surface area contributed by atoms with Gasteiger partial charge in [-0.1, -0.05) is 58.6 Å². The Bertz CT molecular complexity index is 444. The Morgan fingerprint density at radius 3 is 2.63 bits per heavy atom. The number of nitrogens with one attached hydrogen (secondary N) is 1. The number of rotatable bonds is 5. The lowest BCUT2D eigenvalue weighted by Gasteiger charge is -2.26. The number of hydrogen-bond acceptors (Lipinski definition) is 1. The Balaban J connectivity index is 1.86. The summed E-state index contributed by atoms with van der Waals surface area (Å²) in [5, 5.41) is 4.69. The fourth-order valence-electron chi connectivity index (χ4n) is 2.65. The third kappa shape index (κ3) is 3.96. The summed E-state index contributed by atoms with van der Waals surface area (Å²) < 4.78 is 0.